The highest BCUT2D eigenvalue weighted by molar-refractivity contribution is 5.76. The molecule has 1 amide bonds. The Morgan fingerprint density at radius 3 is 2.45 bits per heavy atom. The summed E-state index contributed by atoms with van der Waals surface area (Å²) in [5.74, 6) is -0.287. The average Bonchev–Trinajstić information content (AvgIpc) is 2.41. The second-order valence-electron chi connectivity index (χ2n) is 5.46. The quantitative estimate of drug-likeness (QED) is 0.706. The third-order valence-corrected chi connectivity index (χ3v) is 3.75. The number of alkyl halides is 3. The van der Waals surface area contributed by atoms with Gasteiger partial charge >= 0.3 is 6.18 Å². The van der Waals surface area contributed by atoms with Crippen LogP contribution in [0.25, 0.3) is 0 Å². The van der Waals surface area contributed by atoms with Crippen LogP contribution in [-0.4, -0.2) is 38.4 Å². The second kappa shape index (κ2) is 7.83. The summed E-state index contributed by atoms with van der Waals surface area (Å²) in [4.78, 5) is 11.6. The van der Waals surface area contributed by atoms with Crippen LogP contribution >= 0.6 is 0 Å². The van der Waals surface area contributed by atoms with Crippen LogP contribution in [0.5, 0.6) is 0 Å². The van der Waals surface area contributed by atoms with Gasteiger partial charge in [0.2, 0.25) is 5.91 Å². The Hall–Kier alpha value is -0.820. The van der Waals surface area contributed by atoms with Crippen LogP contribution in [0.4, 0.5) is 13.2 Å². The van der Waals surface area contributed by atoms with E-state index in [0.29, 0.717) is 13.1 Å². The summed E-state index contributed by atoms with van der Waals surface area (Å²) < 4.78 is 39.9. The summed E-state index contributed by atoms with van der Waals surface area (Å²) >= 11 is 0. The lowest BCUT2D eigenvalue weighted by Gasteiger charge is -2.36. The zero-order valence-corrected chi connectivity index (χ0v) is 11.6. The number of halogens is 3. The topological polar surface area (TPSA) is 64.3 Å². The minimum Gasteiger partial charge on any atom is -0.372 e. The summed E-state index contributed by atoms with van der Waals surface area (Å²) in [7, 11) is 0. The zero-order valence-electron chi connectivity index (χ0n) is 11.6. The molecule has 0 bridgehead atoms. The molecule has 1 aliphatic rings. The molecule has 0 spiro atoms. The van der Waals surface area contributed by atoms with E-state index in [-0.39, 0.29) is 24.3 Å². The van der Waals surface area contributed by atoms with Crippen LogP contribution in [-0.2, 0) is 9.53 Å². The van der Waals surface area contributed by atoms with Crippen LogP contribution in [0.1, 0.15) is 38.5 Å². The van der Waals surface area contributed by atoms with Gasteiger partial charge in [-0.15, -0.1) is 0 Å². The Balaban J connectivity index is 2.18. The molecule has 1 rings (SSSR count). The van der Waals surface area contributed by atoms with Crippen LogP contribution in [0, 0.1) is 5.41 Å². The molecule has 0 aromatic rings. The molecule has 0 unspecified atom stereocenters. The number of ether oxygens (including phenoxy) is 1. The lowest BCUT2D eigenvalue weighted by atomic mass is 9.74. The molecule has 3 N–H and O–H groups in total. The number of carbonyl (C=O) groups is 1. The van der Waals surface area contributed by atoms with Crippen molar-refractivity contribution < 1.29 is 22.7 Å². The maximum atomic E-state index is 11.8. The van der Waals surface area contributed by atoms with Crippen LogP contribution in [0.3, 0.4) is 0 Å². The van der Waals surface area contributed by atoms with Crippen molar-refractivity contribution in [2.45, 2.75) is 44.7 Å². The number of carbonyl (C=O) groups excluding carboxylic acids is 1. The van der Waals surface area contributed by atoms with Crippen LogP contribution in [0.15, 0.2) is 0 Å². The Labute approximate surface area is 117 Å². The summed E-state index contributed by atoms with van der Waals surface area (Å²) in [6.45, 7) is -0.507. The fourth-order valence-electron chi connectivity index (χ4n) is 2.48. The molecular weight excluding hydrogens is 273 g/mol. The molecular formula is C13H23F3N2O2. The molecule has 7 heteroatoms. The number of amides is 1. The molecule has 0 aliphatic heterocycles. The van der Waals surface area contributed by atoms with Gasteiger partial charge in [0.15, 0.2) is 0 Å². The van der Waals surface area contributed by atoms with Crippen molar-refractivity contribution in [1.29, 1.82) is 0 Å². The second-order valence-corrected chi connectivity index (χ2v) is 5.46. The molecule has 0 aromatic heterocycles. The minimum absolute atomic E-state index is 0.0409. The van der Waals surface area contributed by atoms with Crippen LogP contribution < -0.4 is 11.1 Å². The number of rotatable bonds is 7. The fourth-order valence-corrected chi connectivity index (χ4v) is 2.48. The third-order valence-electron chi connectivity index (χ3n) is 3.75. The van der Waals surface area contributed by atoms with Crippen LogP contribution in [0.2, 0.25) is 0 Å². The van der Waals surface area contributed by atoms with E-state index in [1.165, 1.54) is 6.42 Å². The zero-order chi connectivity index (χ0) is 15.1. The molecule has 118 valence electrons. The van der Waals surface area contributed by atoms with Gasteiger partial charge in [-0.05, 0) is 24.8 Å². The molecule has 0 radical (unpaired) electrons. The van der Waals surface area contributed by atoms with E-state index < -0.39 is 12.8 Å². The predicted octanol–water partition coefficient (Wildman–Crippen LogP) is 1.98. The number of hydrogen-bond acceptors (Lipinski definition) is 3. The number of nitrogens with two attached hydrogens (primary N) is 1. The molecule has 20 heavy (non-hydrogen) atoms. The van der Waals surface area contributed by atoms with Gasteiger partial charge in [-0.3, -0.25) is 4.79 Å². The molecule has 1 aliphatic carbocycles. The number of nitrogens with one attached hydrogen (secondary N) is 1. The van der Waals surface area contributed by atoms with Crippen molar-refractivity contribution in [3.8, 4) is 0 Å². The highest BCUT2D eigenvalue weighted by Gasteiger charge is 2.31. The first-order valence-electron chi connectivity index (χ1n) is 6.98. The Bertz CT molecular complexity index is 302. The van der Waals surface area contributed by atoms with E-state index in [2.05, 4.69) is 10.1 Å². The van der Waals surface area contributed by atoms with Crippen molar-refractivity contribution in [3.05, 3.63) is 0 Å². The van der Waals surface area contributed by atoms with Gasteiger partial charge in [-0.2, -0.15) is 13.2 Å². The third kappa shape index (κ3) is 6.56. The maximum Gasteiger partial charge on any atom is 0.411 e. The first-order valence-corrected chi connectivity index (χ1v) is 6.98. The van der Waals surface area contributed by atoms with Crippen molar-refractivity contribution in [2.24, 2.45) is 11.1 Å². The Morgan fingerprint density at radius 2 is 1.90 bits per heavy atom. The summed E-state index contributed by atoms with van der Waals surface area (Å²) in [5, 5.41) is 2.76. The van der Waals surface area contributed by atoms with E-state index in [4.69, 9.17) is 5.73 Å². The SMILES string of the molecule is NCC1(CNC(=O)CCOCC(F)(F)F)CCCCC1. The summed E-state index contributed by atoms with van der Waals surface area (Å²) in [6.07, 6.45) is 1.01. The van der Waals surface area contributed by atoms with Crippen molar-refractivity contribution >= 4 is 5.91 Å². The van der Waals surface area contributed by atoms with Gasteiger partial charge in [0.05, 0.1) is 6.61 Å². The first-order chi connectivity index (χ1) is 9.37. The van der Waals surface area contributed by atoms with E-state index >= 15 is 0 Å². The van der Waals surface area contributed by atoms with Crippen molar-refractivity contribution in [2.75, 3.05) is 26.3 Å². The highest BCUT2D eigenvalue weighted by Crippen LogP contribution is 2.34. The summed E-state index contributed by atoms with van der Waals surface area (Å²) in [6, 6.07) is 0. The van der Waals surface area contributed by atoms with Crippen molar-refractivity contribution in [1.82, 2.24) is 5.32 Å². The molecule has 0 saturated heterocycles. The van der Waals surface area contributed by atoms with E-state index in [1.54, 1.807) is 0 Å². The summed E-state index contributed by atoms with van der Waals surface area (Å²) in [5.41, 5.74) is 5.75. The lowest BCUT2D eigenvalue weighted by Crippen LogP contribution is -2.43. The largest absolute Gasteiger partial charge is 0.411 e. The molecule has 0 aromatic carbocycles. The van der Waals surface area contributed by atoms with E-state index in [0.717, 1.165) is 25.7 Å². The molecule has 0 atom stereocenters. The maximum absolute atomic E-state index is 11.8. The Kier molecular flexibility index (Phi) is 6.75. The standard InChI is InChI=1S/C13H23F3N2O2/c14-13(15,16)10-20-7-4-11(19)18-9-12(8-17)5-2-1-3-6-12/h1-10,17H2,(H,18,19). The van der Waals surface area contributed by atoms with Gasteiger partial charge < -0.3 is 15.8 Å². The highest BCUT2D eigenvalue weighted by atomic mass is 19.4. The monoisotopic (exact) mass is 296 g/mol. The molecule has 1 saturated carbocycles. The minimum atomic E-state index is -4.35. The average molecular weight is 296 g/mol. The molecule has 1 fully saturated rings. The van der Waals surface area contributed by atoms with E-state index in [9.17, 15) is 18.0 Å². The first kappa shape index (κ1) is 17.2. The smallest absolute Gasteiger partial charge is 0.372 e. The van der Waals surface area contributed by atoms with Gasteiger partial charge in [-0.1, -0.05) is 19.3 Å². The van der Waals surface area contributed by atoms with Gasteiger partial charge in [0, 0.05) is 13.0 Å². The van der Waals surface area contributed by atoms with Gasteiger partial charge in [0.1, 0.15) is 6.61 Å². The Morgan fingerprint density at radius 1 is 1.25 bits per heavy atom. The predicted molar refractivity (Wildman–Crippen MR) is 69.1 cm³/mol. The lowest BCUT2D eigenvalue weighted by molar-refractivity contribution is -0.174. The molecule has 4 nitrogen and oxygen atoms in total. The van der Waals surface area contributed by atoms with E-state index in [1.807, 2.05) is 0 Å². The fraction of sp³-hybridized carbons (Fsp3) is 0.923. The number of hydrogen-bond donors (Lipinski definition) is 2. The van der Waals surface area contributed by atoms with Gasteiger partial charge in [0.25, 0.3) is 0 Å². The molecule has 0 heterocycles. The van der Waals surface area contributed by atoms with Gasteiger partial charge in [-0.25, -0.2) is 0 Å². The normalized spacial score (nSPS) is 18.8. The van der Waals surface area contributed by atoms with Crippen molar-refractivity contribution in [3.63, 3.8) is 0 Å².